The molecule has 0 atom stereocenters. The molecular formula is C21H23N3O2S2. The number of rotatable bonds is 6. The molecule has 0 spiro atoms. The summed E-state index contributed by atoms with van der Waals surface area (Å²) in [5, 5.41) is 15.4. The molecule has 0 saturated heterocycles. The Bertz CT molecular complexity index is 1010. The Morgan fingerprint density at radius 3 is 2.18 bits per heavy atom. The topological polar surface area (TPSA) is 82.0 Å². The molecule has 2 aromatic carbocycles. The molecule has 0 aromatic heterocycles. The van der Waals surface area contributed by atoms with Crippen LogP contribution in [-0.4, -0.2) is 13.5 Å². The summed E-state index contributed by atoms with van der Waals surface area (Å²) >= 11 is 5.30. The molecule has 0 radical (unpaired) electrons. The molecule has 28 heavy (non-hydrogen) atoms. The van der Waals surface area contributed by atoms with Crippen molar-refractivity contribution in [2.75, 3.05) is 5.32 Å². The second-order valence-electron chi connectivity index (χ2n) is 6.19. The molecule has 0 amide bonds. The van der Waals surface area contributed by atoms with Crippen LogP contribution in [0.15, 0.2) is 58.5 Å². The Morgan fingerprint density at radius 2 is 1.68 bits per heavy atom. The summed E-state index contributed by atoms with van der Waals surface area (Å²) in [5.41, 5.74) is 4.07. The zero-order chi connectivity index (χ0) is 20.7. The maximum atomic E-state index is 12.7. The van der Waals surface area contributed by atoms with Crippen LogP contribution in [0.25, 0.3) is 0 Å². The zero-order valence-corrected chi connectivity index (χ0v) is 17.7. The summed E-state index contributed by atoms with van der Waals surface area (Å²) in [5.74, 6) is 0. The van der Waals surface area contributed by atoms with Crippen molar-refractivity contribution in [1.29, 1.82) is 5.26 Å². The number of nitriles is 1. The fraction of sp³-hybridized carbons (Fsp3) is 0.238. The minimum Gasteiger partial charge on any atom is -0.337 e. The number of para-hydroxylation sites is 1. The summed E-state index contributed by atoms with van der Waals surface area (Å²) in [7, 11) is -3.91. The Morgan fingerprint density at radius 1 is 1.11 bits per heavy atom. The SMILES string of the molecule is CCc1cccc(CC)c1NC(=S)N/C=C(\C#N)S(=O)(=O)c1ccc(C)cc1. The van der Waals surface area contributed by atoms with Crippen LogP contribution in [0.3, 0.4) is 0 Å². The molecule has 2 rings (SSSR count). The van der Waals surface area contributed by atoms with Crippen LogP contribution in [0.2, 0.25) is 0 Å². The van der Waals surface area contributed by atoms with Gasteiger partial charge >= 0.3 is 0 Å². The molecule has 146 valence electrons. The molecule has 5 nitrogen and oxygen atoms in total. The van der Waals surface area contributed by atoms with Gasteiger partial charge in [0.25, 0.3) is 0 Å². The summed E-state index contributed by atoms with van der Waals surface area (Å²) in [6, 6.07) is 14.1. The highest BCUT2D eigenvalue weighted by Crippen LogP contribution is 2.23. The molecule has 0 bridgehead atoms. The first kappa shape index (κ1) is 21.6. The Hall–Kier alpha value is -2.69. The van der Waals surface area contributed by atoms with E-state index in [4.69, 9.17) is 12.2 Å². The van der Waals surface area contributed by atoms with Crippen LogP contribution < -0.4 is 10.6 Å². The predicted octanol–water partition coefficient (Wildman–Crippen LogP) is 4.25. The van der Waals surface area contributed by atoms with Crippen LogP contribution in [0.1, 0.15) is 30.5 Å². The van der Waals surface area contributed by atoms with Crippen LogP contribution in [-0.2, 0) is 22.7 Å². The third kappa shape index (κ3) is 4.97. The van der Waals surface area contributed by atoms with Crippen molar-refractivity contribution >= 4 is 32.9 Å². The van der Waals surface area contributed by atoms with Gasteiger partial charge in [0, 0.05) is 11.9 Å². The number of aryl methyl sites for hydroxylation is 3. The van der Waals surface area contributed by atoms with E-state index in [0.29, 0.717) is 0 Å². The van der Waals surface area contributed by atoms with Crippen molar-refractivity contribution in [3.05, 3.63) is 70.3 Å². The van der Waals surface area contributed by atoms with Crippen molar-refractivity contribution in [3.8, 4) is 6.07 Å². The lowest BCUT2D eigenvalue weighted by Crippen LogP contribution is -2.26. The minimum atomic E-state index is -3.91. The maximum absolute atomic E-state index is 12.7. The van der Waals surface area contributed by atoms with Gasteiger partial charge in [-0.2, -0.15) is 5.26 Å². The lowest BCUT2D eigenvalue weighted by atomic mass is 10.0. The highest BCUT2D eigenvalue weighted by atomic mass is 32.2. The first-order valence-electron chi connectivity index (χ1n) is 8.93. The second kappa shape index (κ2) is 9.49. The largest absolute Gasteiger partial charge is 0.337 e. The van der Waals surface area contributed by atoms with Crippen molar-refractivity contribution in [3.63, 3.8) is 0 Å². The van der Waals surface area contributed by atoms with E-state index in [2.05, 4.69) is 24.5 Å². The quantitative estimate of drug-likeness (QED) is 0.544. The van der Waals surface area contributed by atoms with Crippen LogP contribution in [0.5, 0.6) is 0 Å². The minimum absolute atomic E-state index is 0.0659. The van der Waals surface area contributed by atoms with E-state index in [1.54, 1.807) is 18.2 Å². The molecule has 0 unspecified atom stereocenters. The number of thiocarbonyl (C=S) groups is 1. The van der Waals surface area contributed by atoms with Gasteiger partial charge in [0.2, 0.25) is 9.84 Å². The number of allylic oxidation sites excluding steroid dienone is 1. The molecule has 2 N–H and O–H groups in total. The molecule has 0 fully saturated rings. The summed E-state index contributed by atoms with van der Waals surface area (Å²) in [6.07, 6.45) is 2.80. The van der Waals surface area contributed by atoms with Gasteiger partial charge in [0.15, 0.2) is 10.0 Å². The van der Waals surface area contributed by atoms with Crippen molar-refractivity contribution in [2.24, 2.45) is 0 Å². The lowest BCUT2D eigenvalue weighted by Gasteiger charge is -2.16. The molecule has 7 heteroatoms. The highest BCUT2D eigenvalue weighted by Gasteiger charge is 2.20. The normalized spacial score (nSPS) is 11.6. The van der Waals surface area contributed by atoms with E-state index < -0.39 is 14.7 Å². The van der Waals surface area contributed by atoms with Crippen molar-refractivity contribution in [2.45, 2.75) is 38.5 Å². The fourth-order valence-corrected chi connectivity index (χ4v) is 3.94. The highest BCUT2D eigenvalue weighted by molar-refractivity contribution is 7.95. The zero-order valence-electron chi connectivity index (χ0n) is 16.1. The first-order valence-corrected chi connectivity index (χ1v) is 10.8. The van der Waals surface area contributed by atoms with Crippen LogP contribution in [0, 0.1) is 18.3 Å². The van der Waals surface area contributed by atoms with Gasteiger partial charge in [0.1, 0.15) is 6.07 Å². The number of sulfone groups is 1. The summed E-state index contributed by atoms with van der Waals surface area (Å²) in [6.45, 7) is 5.97. The number of anilines is 1. The predicted molar refractivity (Wildman–Crippen MR) is 117 cm³/mol. The van der Waals surface area contributed by atoms with E-state index in [9.17, 15) is 13.7 Å². The molecule has 0 aliphatic carbocycles. The average Bonchev–Trinajstić information content (AvgIpc) is 2.68. The maximum Gasteiger partial charge on any atom is 0.218 e. The first-order chi connectivity index (χ1) is 13.3. The lowest BCUT2D eigenvalue weighted by molar-refractivity contribution is 0.603. The number of hydrogen-bond acceptors (Lipinski definition) is 4. The van der Waals surface area contributed by atoms with E-state index in [-0.39, 0.29) is 10.0 Å². The smallest absolute Gasteiger partial charge is 0.218 e. The number of nitrogens with one attached hydrogen (secondary N) is 2. The van der Waals surface area contributed by atoms with Gasteiger partial charge in [-0.3, -0.25) is 0 Å². The number of benzene rings is 2. The van der Waals surface area contributed by atoms with Crippen LogP contribution >= 0.6 is 12.2 Å². The van der Waals surface area contributed by atoms with Gasteiger partial charge in [-0.05, 0) is 55.2 Å². The van der Waals surface area contributed by atoms with Gasteiger partial charge in [-0.15, -0.1) is 0 Å². The molecule has 0 heterocycles. The third-order valence-corrected chi connectivity index (χ3v) is 6.20. The molecular weight excluding hydrogens is 390 g/mol. The Kier molecular flexibility index (Phi) is 7.32. The monoisotopic (exact) mass is 413 g/mol. The molecule has 2 aromatic rings. The Balaban J connectivity index is 2.23. The second-order valence-corrected chi connectivity index (χ2v) is 8.52. The number of nitrogens with zero attached hydrogens (tertiary/aromatic N) is 1. The van der Waals surface area contributed by atoms with E-state index in [1.807, 2.05) is 25.1 Å². The van der Waals surface area contributed by atoms with Gasteiger partial charge in [-0.25, -0.2) is 8.42 Å². The van der Waals surface area contributed by atoms with E-state index in [1.165, 1.54) is 12.1 Å². The standard InChI is InChI=1S/C21H23N3O2S2/c1-4-16-7-6-8-17(5-2)20(16)24-21(27)23-14-19(13-22)28(25,26)18-11-9-15(3)10-12-18/h6-12,14H,4-5H2,1-3H3,(H2,23,24,27)/b19-14+. The summed E-state index contributed by atoms with van der Waals surface area (Å²) < 4.78 is 25.3. The number of hydrogen-bond donors (Lipinski definition) is 2. The summed E-state index contributed by atoms with van der Waals surface area (Å²) in [4.78, 5) is -0.337. The van der Waals surface area contributed by atoms with Crippen molar-refractivity contribution in [1.82, 2.24) is 5.32 Å². The average molecular weight is 414 g/mol. The third-order valence-electron chi connectivity index (χ3n) is 4.30. The van der Waals surface area contributed by atoms with Crippen molar-refractivity contribution < 1.29 is 8.42 Å². The van der Waals surface area contributed by atoms with Gasteiger partial charge < -0.3 is 10.6 Å². The molecule has 0 aliphatic heterocycles. The van der Waals surface area contributed by atoms with E-state index >= 15 is 0 Å². The van der Waals surface area contributed by atoms with Crippen LogP contribution in [0.4, 0.5) is 5.69 Å². The van der Waals surface area contributed by atoms with Gasteiger partial charge in [-0.1, -0.05) is 49.7 Å². The fourth-order valence-electron chi connectivity index (χ4n) is 2.70. The van der Waals surface area contributed by atoms with E-state index in [0.717, 1.165) is 41.4 Å². The van der Waals surface area contributed by atoms with Gasteiger partial charge in [0.05, 0.1) is 4.90 Å². The Labute approximate surface area is 172 Å². The molecule has 0 saturated carbocycles. The molecule has 0 aliphatic rings.